The molecule has 0 saturated heterocycles. The van der Waals surface area contributed by atoms with Gasteiger partial charge in [0.25, 0.3) is 0 Å². The molecular weight excluding hydrogens is 200 g/mol. The van der Waals surface area contributed by atoms with Gasteiger partial charge in [0.05, 0.1) is 0 Å². The Labute approximate surface area is 94.2 Å². The molecule has 16 heavy (non-hydrogen) atoms. The van der Waals surface area contributed by atoms with Gasteiger partial charge in [-0.25, -0.2) is 0 Å². The van der Waals surface area contributed by atoms with Crippen LogP contribution in [0, 0.1) is 0 Å². The molecule has 2 heteroatoms. The first-order valence-electron chi connectivity index (χ1n) is 5.75. The summed E-state index contributed by atoms with van der Waals surface area (Å²) in [4.78, 5) is 0. The molecule has 0 atom stereocenters. The third kappa shape index (κ3) is 1.60. The van der Waals surface area contributed by atoms with Gasteiger partial charge in [0.2, 0.25) is 0 Å². The van der Waals surface area contributed by atoms with Crippen LogP contribution >= 0.6 is 0 Å². The number of aromatic hydroxyl groups is 1. The number of furan rings is 1. The first-order valence-corrected chi connectivity index (χ1v) is 5.75. The molecule has 2 aromatic rings. The molecule has 1 aliphatic rings. The van der Waals surface area contributed by atoms with Gasteiger partial charge in [0, 0.05) is 5.39 Å². The van der Waals surface area contributed by atoms with Gasteiger partial charge in [-0.3, -0.25) is 0 Å². The third-order valence-corrected chi connectivity index (χ3v) is 3.11. The normalized spacial score (nSPS) is 16.4. The van der Waals surface area contributed by atoms with Crippen LogP contribution in [-0.2, 0) is 0 Å². The van der Waals surface area contributed by atoms with Gasteiger partial charge in [0.15, 0.2) is 0 Å². The van der Waals surface area contributed by atoms with Gasteiger partial charge in [-0.1, -0.05) is 6.08 Å². The number of phenolic OH excluding ortho intramolecular Hbond substituents is 1. The van der Waals surface area contributed by atoms with Crippen molar-refractivity contribution < 1.29 is 9.52 Å². The summed E-state index contributed by atoms with van der Waals surface area (Å²) in [5.41, 5.74) is 2.15. The summed E-state index contributed by atoms with van der Waals surface area (Å²) >= 11 is 0. The number of phenols is 1. The Kier molecular flexibility index (Phi) is 2.21. The quantitative estimate of drug-likeness (QED) is 0.775. The van der Waals surface area contributed by atoms with Gasteiger partial charge in [0.1, 0.15) is 17.1 Å². The lowest BCUT2D eigenvalue weighted by molar-refractivity contribution is 0.476. The zero-order valence-electron chi connectivity index (χ0n) is 9.07. The van der Waals surface area contributed by atoms with Gasteiger partial charge in [-0.05, 0) is 55.5 Å². The molecule has 1 heterocycles. The molecule has 2 nitrogen and oxygen atoms in total. The monoisotopic (exact) mass is 214 g/mol. The van der Waals surface area contributed by atoms with E-state index in [4.69, 9.17) is 4.42 Å². The molecule has 0 radical (unpaired) electrons. The second-order valence-corrected chi connectivity index (χ2v) is 4.31. The maximum Gasteiger partial charge on any atom is 0.135 e. The van der Waals surface area contributed by atoms with E-state index in [0.717, 1.165) is 29.6 Å². The molecule has 0 spiro atoms. The van der Waals surface area contributed by atoms with E-state index >= 15 is 0 Å². The van der Waals surface area contributed by atoms with E-state index in [9.17, 15) is 5.11 Å². The van der Waals surface area contributed by atoms with Gasteiger partial charge < -0.3 is 9.52 Å². The van der Waals surface area contributed by atoms with E-state index in [1.165, 1.54) is 18.4 Å². The molecule has 1 N–H and O–H groups in total. The Bertz CT molecular complexity index is 549. The fraction of sp³-hybridized carbons (Fsp3) is 0.286. The SMILES string of the molecule is Oc1ccc2oc(C3=CCCCC3)cc2c1. The summed E-state index contributed by atoms with van der Waals surface area (Å²) in [7, 11) is 0. The average Bonchev–Trinajstić information content (AvgIpc) is 2.73. The van der Waals surface area contributed by atoms with Gasteiger partial charge in [-0.2, -0.15) is 0 Å². The highest BCUT2D eigenvalue weighted by Gasteiger charge is 2.11. The predicted molar refractivity (Wildman–Crippen MR) is 64.3 cm³/mol. The second kappa shape index (κ2) is 3.71. The highest BCUT2D eigenvalue weighted by Crippen LogP contribution is 2.32. The highest BCUT2D eigenvalue weighted by molar-refractivity contribution is 5.83. The largest absolute Gasteiger partial charge is 0.508 e. The van der Waals surface area contributed by atoms with Crippen LogP contribution in [0.4, 0.5) is 0 Å². The third-order valence-electron chi connectivity index (χ3n) is 3.11. The van der Waals surface area contributed by atoms with Crippen LogP contribution in [-0.4, -0.2) is 5.11 Å². The van der Waals surface area contributed by atoms with Crippen molar-refractivity contribution in [1.29, 1.82) is 0 Å². The van der Waals surface area contributed by atoms with E-state index in [1.54, 1.807) is 12.1 Å². The molecule has 0 unspecified atom stereocenters. The second-order valence-electron chi connectivity index (χ2n) is 4.31. The van der Waals surface area contributed by atoms with Crippen molar-refractivity contribution in [1.82, 2.24) is 0 Å². The Morgan fingerprint density at radius 2 is 2.06 bits per heavy atom. The Hall–Kier alpha value is -1.70. The van der Waals surface area contributed by atoms with Crippen molar-refractivity contribution in [3.63, 3.8) is 0 Å². The zero-order valence-corrected chi connectivity index (χ0v) is 9.07. The highest BCUT2D eigenvalue weighted by atomic mass is 16.3. The smallest absolute Gasteiger partial charge is 0.135 e. The molecule has 0 aliphatic heterocycles. The first-order chi connectivity index (χ1) is 7.83. The van der Waals surface area contributed by atoms with Crippen molar-refractivity contribution >= 4 is 16.5 Å². The molecule has 0 saturated carbocycles. The molecule has 82 valence electrons. The number of benzene rings is 1. The summed E-state index contributed by atoms with van der Waals surface area (Å²) in [5, 5.41) is 10.4. The fourth-order valence-electron chi connectivity index (χ4n) is 2.25. The van der Waals surface area contributed by atoms with Crippen LogP contribution < -0.4 is 0 Å². The number of hydrogen-bond donors (Lipinski definition) is 1. The Morgan fingerprint density at radius 1 is 1.12 bits per heavy atom. The van der Waals surface area contributed by atoms with Crippen molar-refractivity contribution in [3.05, 3.63) is 36.1 Å². The van der Waals surface area contributed by atoms with Crippen LogP contribution in [0.25, 0.3) is 16.5 Å². The average molecular weight is 214 g/mol. The molecule has 3 rings (SSSR count). The van der Waals surface area contributed by atoms with Crippen molar-refractivity contribution in [2.75, 3.05) is 0 Å². The van der Waals surface area contributed by atoms with Crippen LogP contribution in [0.2, 0.25) is 0 Å². The van der Waals surface area contributed by atoms with Crippen LogP contribution in [0.15, 0.2) is 34.8 Å². The number of rotatable bonds is 1. The van der Waals surface area contributed by atoms with Crippen LogP contribution in [0.3, 0.4) is 0 Å². The van der Waals surface area contributed by atoms with Crippen molar-refractivity contribution in [3.8, 4) is 5.75 Å². The van der Waals surface area contributed by atoms with Gasteiger partial charge in [-0.15, -0.1) is 0 Å². The number of allylic oxidation sites excluding steroid dienone is 2. The maximum atomic E-state index is 9.39. The van der Waals surface area contributed by atoms with Crippen LogP contribution in [0.5, 0.6) is 5.75 Å². The van der Waals surface area contributed by atoms with E-state index in [-0.39, 0.29) is 5.75 Å². The summed E-state index contributed by atoms with van der Waals surface area (Å²) in [6, 6.07) is 7.24. The van der Waals surface area contributed by atoms with Gasteiger partial charge >= 0.3 is 0 Å². The summed E-state index contributed by atoms with van der Waals surface area (Å²) in [6.07, 6.45) is 7.04. The molecule has 0 fully saturated rings. The Morgan fingerprint density at radius 3 is 2.88 bits per heavy atom. The van der Waals surface area contributed by atoms with E-state index < -0.39 is 0 Å². The lowest BCUT2D eigenvalue weighted by Crippen LogP contribution is -1.89. The molecule has 1 aromatic carbocycles. The molecular formula is C14H14O2. The molecule has 0 bridgehead atoms. The minimum absolute atomic E-state index is 0.289. The standard InChI is InChI=1S/C14H14O2/c15-12-6-7-13-11(8-12)9-14(16-13)10-4-2-1-3-5-10/h4,6-9,15H,1-3,5H2. The minimum atomic E-state index is 0.289. The van der Waals surface area contributed by atoms with Crippen molar-refractivity contribution in [2.45, 2.75) is 25.7 Å². The Balaban J connectivity index is 2.07. The summed E-state index contributed by atoms with van der Waals surface area (Å²) < 4.78 is 5.78. The lowest BCUT2D eigenvalue weighted by atomic mass is 9.98. The topological polar surface area (TPSA) is 33.4 Å². The molecule has 1 aromatic heterocycles. The minimum Gasteiger partial charge on any atom is -0.508 e. The van der Waals surface area contributed by atoms with Crippen molar-refractivity contribution in [2.24, 2.45) is 0 Å². The zero-order chi connectivity index (χ0) is 11.0. The lowest BCUT2D eigenvalue weighted by Gasteiger charge is -2.09. The van der Waals surface area contributed by atoms with E-state index in [1.807, 2.05) is 12.1 Å². The summed E-state index contributed by atoms with van der Waals surface area (Å²) in [6.45, 7) is 0. The summed E-state index contributed by atoms with van der Waals surface area (Å²) in [5.74, 6) is 1.25. The fourth-order valence-corrected chi connectivity index (χ4v) is 2.25. The first kappa shape index (κ1) is 9.52. The molecule has 1 aliphatic carbocycles. The predicted octanol–water partition coefficient (Wildman–Crippen LogP) is 4.10. The van der Waals surface area contributed by atoms with E-state index in [0.29, 0.717) is 0 Å². The number of hydrogen-bond acceptors (Lipinski definition) is 2. The maximum absolute atomic E-state index is 9.39. The molecule has 0 amide bonds. The van der Waals surface area contributed by atoms with Crippen LogP contribution in [0.1, 0.15) is 31.4 Å². The van der Waals surface area contributed by atoms with E-state index in [2.05, 4.69) is 6.08 Å². The number of fused-ring (bicyclic) bond motifs is 1.